The highest BCUT2D eigenvalue weighted by Crippen LogP contribution is 2.66. The molecule has 4 rings (SSSR count). The summed E-state index contributed by atoms with van der Waals surface area (Å²) in [5, 5.41) is 4.18. The average Bonchev–Trinajstić information content (AvgIpc) is 3.08. The monoisotopic (exact) mass is 464 g/mol. The molecule has 7 atom stereocenters. The highest BCUT2D eigenvalue weighted by molar-refractivity contribution is 5.96. The molecule has 0 heterocycles. The quantitative estimate of drug-likeness (QED) is 0.442. The second-order valence-electron chi connectivity index (χ2n) is 11.6. The van der Waals surface area contributed by atoms with E-state index in [1.165, 1.54) is 31.3 Å². The zero-order valence-electron chi connectivity index (χ0n) is 20.4. The van der Waals surface area contributed by atoms with Crippen LogP contribution in [0.25, 0.3) is 0 Å². The van der Waals surface area contributed by atoms with E-state index in [0.717, 1.165) is 37.3 Å². The number of rotatable bonds is 4. The van der Waals surface area contributed by atoms with Crippen molar-refractivity contribution in [3.05, 3.63) is 11.6 Å². The highest BCUT2D eigenvalue weighted by atomic mass is 35.5. The van der Waals surface area contributed by atoms with E-state index >= 15 is 0 Å². The van der Waals surface area contributed by atoms with E-state index in [-0.39, 0.29) is 35.1 Å². The molecule has 3 fully saturated rings. The standard InChI is InChI=1S/C26H40N2O3.ClH/c1-15(2)23(27)24(30)31-28-18-10-12-25(4)17(14-18)6-7-19-21-9-8-20(16(3)29)26(21,5)13-11-22(19)25;/h14-15,19-23H,6-13,27H2,1-5H3;1H/t19-,20+,21-,22-,23-,25-,26+;/m0./s1. The number of ketones is 1. The first-order valence-corrected chi connectivity index (χ1v) is 12.3. The molecule has 2 N–H and O–H groups in total. The van der Waals surface area contributed by atoms with Gasteiger partial charge in [0.15, 0.2) is 0 Å². The number of carbonyl (C=O) groups excluding carboxylic acids is 2. The van der Waals surface area contributed by atoms with Gasteiger partial charge in [0.05, 0.1) is 5.71 Å². The summed E-state index contributed by atoms with van der Waals surface area (Å²) in [4.78, 5) is 29.6. The van der Waals surface area contributed by atoms with E-state index in [4.69, 9.17) is 10.6 Å². The van der Waals surface area contributed by atoms with Gasteiger partial charge < -0.3 is 10.6 Å². The fraction of sp³-hybridized carbons (Fsp3) is 0.808. The van der Waals surface area contributed by atoms with Crippen molar-refractivity contribution in [3.63, 3.8) is 0 Å². The van der Waals surface area contributed by atoms with Crippen LogP contribution >= 0.6 is 12.4 Å². The third-order valence-corrected chi connectivity index (χ3v) is 9.71. The number of nitrogens with two attached hydrogens (primary N) is 1. The summed E-state index contributed by atoms with van der Waals surface area (Å²) in [6.07, 6.45) is 11.1. The van der Waals surface area contributed by atoms with Gasteiger partial charge >= 0.3 is 5.97 Å². The van der Waals surface area contributed by atoms with Gasteiger partial charge in [-0.15, -0.1) is 12.4 Å². The summed E-state index contributed by atoms with van der Waals surface area (Å²) in [6, 6.07) is -0.636. The molecule has 0 aromatic carbocycles. The van der Waals surface area contributed by atoms with Crippen molar-refractivity contribution >= 4 is 29.9 Å². The molecular formula is C26H41ClN2O3. The minimum absolute atomic E-state index is 0. The number of fused-ring (bicyclic) bond motifs is 5. The zero-order valence-corrected chi connectivity index (χ0v) is 21.2. The normalized spacial score (nSPS) is 40.5. The van der Waals surface area contributed by atoms with Crippen LogP contribution in [0.1, 0.15) is 86.0 Å². The first kappa shape index (κ1) is 25.4. The largest absolute Gasteiger partial charge is 0.351 e. The molecule has 32 heavy (non-hydrogen) atoms. The van der Waals surface area contributed by atoms with Gasteiger partial charge in [-0.2, -0.15) is 0 Å². The highest BCUT2D eigenvalue weighted by Gasteiger charge is 2.59. The first-order valence-electron chi connectivity index (χ1n) is 12.3. The zero-order chi connectivity index (χ0) is 22.6. The molecule has 0 spiro atoms. The number of Topliss-reactive ketones (excluding diaryl/α,β-unsaturated/α-hetero) is 1. The Morgan fingerprint density at radius 1 is 1.09 bits per heavy atom. The van der Waals surface area contributed by atoms with Crippen molar-refractivity contribution in [3.8, 4) is 0 Å². The lowest BCUT2D eigenvalue weighted by molar-refractivity contribution is -0.146. The maximum absolute atomic E-state index is 12.3. The summed E-state index contributed by atoms with van der Waals surface area (Å²) in [5.41, 5.74) is 8.63. The third kappa shape index (κ3) is 4.09. The first-order chi connectivity index (χ1) is 14.6. The van der Waals surface area contributed by atoms with Crippen LogP contribution in [0.15, 0.2) is 16.8 Å². The van der Waals surface area contributed by atoms with Gasteiger partial charge in [0.1, 0.15) is 11.8 Å². The molecule has 0 radical (unpaired) electrons. The van der Waals surface area contributed by atoms with Gasteiger partial charge in [-0.05, 0) is 98.9 Å². The fourth-order valence-corrected chi connectivity index (χ4v) is 7.75. The summed E-state index contributed by atoms with van der Waals surface area (Å²) in [5.74, 6) is 2.35. The van der Waals surface area contributed by atoms with Crippen LogP contribution in [0.3, 0.4) is 0 Å². The Morgan fingerprint density at radius 2 is 1.81 bits per heavy atom. The average molecular weight is 465 g/mol. The molecule has 3 saturated carbocycles. The SMILES string of the molecule is CC(=O)[C@H]1CC[C@H]2[C@@H]3CCC4=CC(=NOC(=O)[C@@H](N)C(C)C)CC[C@]4(C)[C@H]3CC[C@]12C.Cl. The number of nitrogens with zero attached hydrogens (tertiary/aromatic N) is 1. The Kier molecular flexibility index (Phi) is 7.32. The number of carbonyl (C=O) groups is 2. The van der Waals surface area contributed by atoms with Crippen LogP contribution in [-0.4, -0.2) is 23.5 Å². The maximum atomic E-state index is 12.3. The van der Waals surface area contributed by atoms with Crippen LogP contribution in [0.4, 0.5) is 0 Å². The molecule has 0 aromatic heterocycles. The van der Waals surface area contributed by atoms with Gasteiger partial charge in [-0.25, -0.2) is 4.79 Å². The van der Waals surface area contributed by atoms with E-state index in [0.29, 0.717) is 17.6 Å². The summed E-state index contributed by atoms with van der Waals surface area (Å²) in [7, 11) is 0. The molecule has 4 aliphatic rings. The van der Waals surface area contributed by atoms with Gasteiger partial charge in [0.2, 0.25) is 0 Å². The second kappa shape index (κ2) is 9.21. The smallest absolute Gasteiger partial charge is 0.318 e. The van der Waals surface area contributed by atoms with Crippen LogP contribution in [-0.2, 0) is 14.4 Å². The van der Waals surface area contributed by atoms with Gasteiger partial charge in [-0.3, -0.25) is 4.79 Å². The Bertz CT molecular complexity index is 822. The molecule has 180 valence electrons. The molecule has 0 unspecified atom stereocenters. The van der Waals surface area contributed by atoms with Gasteiger partial charge in [0.25, 0.3) is 0 Å². The third-order valence-electron chi connectivity index (χ3n) is 9.71. The second-order valence-corrected chi connectivity index (χ2v) is 11.6. The maximum Gasteiger partial charge on any atom is 0.351 e. The van der Waals surface area contributed by atoms with E-state index in [2.05, 4.69) is 25.1 Å². The Labute approximate surface area is 199 Å². The van der Waals surface area contributed by atoms with Gasteiger partial charge in [-0.1, -0.05) is 38.4 Å². The lowest BCUT2D eigenvalue weighted by Crippen LogP contribution is -2.51. The summed E-state index contributed by atoms with van der Waals surface area (Å²) in [6.45, 7) is 10.5. The molecule has 0 saturated heterocycles. The molecule has 6 heteroatoms. The molecule has 0 amide bonds. The molecular weight excluding hydrogens is 424 g/mol. The van der Waals surface area contributed by atoms with Crippen molar-refractivity contribution < 1.29 is 14.4 Å². The van der Waals surface area contributed by atoms with E-state index in [1.807, 2.05) is 13.8 Å². The molecule has 4 aliphatic carbocycles. The van der Waals surface area contributed by atoms with E-state index in [9.17, 15) is 9.59 Å². The topological polar surface area (TPSA) is 81.8 Å². The number of hydrogen-bond acceptors (Lipinski definition) is 5. The molecule has 0 aromatic rings. The summed E-state index contributed by atoms with van der Waals surface area (Å²) >= 11 is 0. The number of halogens is 1. The predicted molar refractivity (Wildman–Crippen MR) is 129 cm³/mol. The van der Waals surface area contributed by atoms with E-state index < -0.39 is 12.0 Å². The van der Waals surface area contributed by atoms with Crippen molar-refractivity contribution in [1.82, 2.24) is 0 Å². The fourth-order valence-electron chi connectivity index (χ4n) is 7.75. The minimum Gasteiger partial charge on any atom is -0.318 e. The Balaban J connectivity index is 0.00000289. The van der Waals surface area contributed by atoms with Crippen molar-refractivity contribution in [2.75, 3.05) is 0 Å². The van der Waals surface area contributed by atoms with Crippen LogP contribution in [0.2, 0.25) is 0 Å². The molecule has 0 aliphatic heterocycles. The molecule has 0 bridgehead atoms. The van der Waals surface area contributed by atoms with Crippen LogP contribution in [0.5, 0.6) is 0 Å². The lowest BCUT2D eigenvalue weighted by Gasteiger charge is -2.58. The minimum atomic E-state index is -0.636. The van der Waals surface area contributed by atoms with Gasteiger partial charge in [0, 0.05) is 5.92 Å². The number of allylic oxidation sites excluding steroid dienone is 2. The van der Waals surface area contributed by atoms with Crippen molar-refractivity contribution in [2.24, 2.45) is 51.3 Å². The van der Waals surface area contributed by atoms with E-state index in [1.54, 1.807) is 6.92 Å². The van der Waals surface area contributed by atoms with Crippen molar-refractivity contribution in [1.29, 1.82) is 0 Å². The van der Waals surface area contributed by atoms with Crippen molar-refractivity contribution in [2.45, 2.75) is 92.0 Å². The summed E-state index contributed by atoms with van der Waals surface area (Å²) < 4.78 is 0. The van der Waals surface area contributed by atoms with Crippen LogP contribution < -0.4 is 5.73 Å². The lowest BCUT2D eigenvalue weighted by atomic mass is 9.46. The Hall–Kier alpha value is -1.20. The number of hydrogen-bond donors (Lipinski definition) is 1. The van der Waals surface area contributed by atoms with Crippen LogP contribution in [0, 0.1) is 40.4 Å². The Morgan fingerprint density at radius 3 is 2.47 bits per heavy atom. The predicted octanol–water partition coefficient (Wildman–Crippen LogP) is 5.46. The molecule has 5 nitrogen and oxygen atoms in total. The number of oxime groups is 1.